The van der Waals surface area contributed by atoms with E-state index in [0.29, 0.717) is 19.4 Å². The van der Waals surface area contributed by atoms with Crippen molar-refractivity contribution in [3.63, 3.8) is 0 Å². The Labute approximate surface area is 81.9 Å². The minimum atomic E-state index is -2.05. The third-order valence-corrected chi connectivity index (χ3v) is 4.09. The van der Waals surface area contributed by atoms with Gasteiger partial charge in [-0.25, -0.2) is 0 Å². The first kappa shape index (κ1) is 12.8. The zero-order chi connectivity index (χ0) is 10.3. The molecule has 0 aliphatic carbocycles. The van der Waals surface area contributed by atoms with Crippen LogP contribution in [0.5, 0.6) is 0 Å². The maximum atomic E-state index is 5.52. The first-order valence-electron chi connectivity index (χ1n) is 4.45. The Kier molecular flexibility index (Phi) is 6.24. The number of hydrogen-bond donors (Lipinski definition) is 0. The van der Waals surface area contributed by atoms with Gasteiger partial charge in [0.2, 0.25) is 0 Å². The van der Waals surface area contributed by atoms with Gasteiger partial charge in [0.1, 0.15) is 0 Å². The Balaban J connectivity index is 3.76. The van der Waals surface area contributed by atoms with Gasteiger partial charge in [-0.05, 0) is 20.4 Å². The van der Waals surface area contributed by atoms with E-state index in [2.05, 4.69) is 6.58 Å². The topological polar surface area (TPSA) is 27.7 Å². The van der Waals surface area contributed by atoms with Crippen molar-refractivity contribution in [2.24, 2.45) is 0 Å². The molecule has 1 atom stereocenters. The van der Waals surface area contributed by atoms with Crippen molar-refractivity contribution < 1.29 is 13.6 Å². The molecular weight excluding hydrogens is 184 g/mol. The predicted molar refractivity (Wildman–Crippen MR) is 55.9 cm³/mol. The molecule has 0 bridgehead atoms. The van der Waals surface area contributed by atoms with Crippen LogP contribution in [-0.4, -0.2) is 35.1 Å². The SMILES string of the molecule is C=C(C)COC[Si](C)(OC)OCC. The first-order chi connectivity index (χ1) is 6.04. The van der Waals surface area contributed by atoms with Gasteiger partial charge in [-0.3, -0.25) is 0 Å². The molecule has 0 spiro atoms. The number of hydrogen-bond acceptors (Lipinski definition) is 3. The summed E-state index contributed by atoms with van der Waals surface area (Å²) < 4.78 is 16.3. The molecule has 0 aromatic carbocycles. The van der Waals surface area contributed by atoms with Crippen LogP contribution in [0.4, 0.5) is 0 Å². The van der Waals surface area contributed by atoms with Gasteiger partial charge < -0.3 is 13.6 Å². The lowest BCUT2D eigenvalue weighted by Crippen LogP contribution is -2.43. The maximum Gasteiger partial charge on any atom is 0.361 e. The van der Waals surface area contributed by atoms with Gasteiger partial charge in [-0.1, -0.05) is 12.2 Å². The van der Waals surface area contributed by atoms with Gasteiger partial charge in [-0.15, -0.1) is 0 Å². The van der Waals surface area contributed by atoms with Crippen LogP contribution in [0, 0.1) is 0 Å². The second-order valence-corrected chi connectivity index (χ2v) is 6.47. The van der Waals surface area contributed by atoms with Crippen LogP contribution in [0.1, 0.15) is 13.8 Å². The van der Waals surface area contributed by atoms with Crippen molar-refractivity contribution in [1.29, 1.82) is 0 Å². The molecule has 1 unspecified atom stereocenters. The van der Waals surface area contributed by atoms with Crippen LogP contribution in [0.15, 0.2) is 12.2 Å². The van der Waals surface area contributed by atoms with E-state index >= 15 is 0 Å². The average molecular weight is 204 g/mol. The van der Waals surface area contributed by atoms with Crippen LogP contribution in [0.2, 0.25) is 6.55 Å². The highest BCUT2D eigenvalue weighted by molar-refractivity contribution is 6.65. The molecule has 78 valence electrons. The van der Waals surface area contributed by atoms with Gasteiger partial charge in [0, 0.05) is 13.7 Å². The molecule has 0 aliphatic rings. The lowest BCUT2D eigenvalue weighted by Gasteiger charge is -2.23. The third-order valence-electron chi connectivity index (χ3n) is 1.59. The van der Waals surface area contributed by atoms with Crippen molar-refractivity contribution >= 4 is 8.56 Å². The van der Waals surface area contributed by atoms with Gasteiger partial charge in [-0.2, -0.15) is 0 Å². The van der Waals surface area contributed by atoms with Crippen LogP contribution >= 0.6 is 0 Å². The Hall–Kier alpha value is -0.163. The van der Waals surface area contributed by atoms with Crippen LogP contribution in [0.3, 0.4) is 0 Å². The van der Waals surface area contributed by atoms with E-state index in [1.54, 1.807) is 7.11 Å². The van der Waals surface area contributed by atoms with Crippen LogP contribution in [-0.2, 0) is 13.6 Å². The molecule has 0 rings (SSSR count). The number of rotatable bonds is 7. The molecule has 0 saturated carbocycles. The summed E-state index contributed by atoms with van der Waals surface area (Å²) in [4.78, 5) is 0. The van der Waals surface area contributed by atoms with Gasteiger partial charge in [0.15, 0.2) is 0 Å². The average Bonchev–Trinajstić information content (AvgIpc) is 2.04. The molecule has 0 heterocycles. The van der Waals surface area contributed by atoms with E-state index in [9.17, 15) is 0 Å². The van der Waals surface area contributed by atoms with E-state index in [1.807, 2.05) is 20.4 Å². The van der Waals surface area contributed by atoms with Gasteiger partial charge in [0.25, 0.3) is 0 Å². The summed E-state index contributed by atoms with van der Waals surface area (Å²) in [7, 11) is -0.381. The molecule has 0 amide bonds. The standard InChI is InChI=1S/C9H20O3Si/c1-6-12-13(5,10-4)8-11-7-9(2)3/h2,6-8H2,1,3-5H3. The van der Waals surface area contributed by atoms with E-state index in [-0.39, 0.29) is 0 Å². The van der Waals surface area contributed by atoms with Gasteiger partial charge in [0.05, 0.1) is 12.8 Å². The molecule has 13 heavy (non-hydrogen) atoms. The molecule has 0 fully saturated rings. The highest BCUT2D eigenvalue weighted by atomic mass is 28.4. The van der Waals surface area contributed by atoms with E-state index in [1.165, 1.54) is 0 Å². The normalized spacial score (nSPS) is 15.4. The predicted octanol–water partition coefficient (Wildman–Crippen LogP) is 1.87. The van der Waals surface area contributed by atoms with E-state index in [4.69, 9.17) is 13.6 Å². The monoisotopic (exact) mass is 204 g/mol. The molecule has 0 N–H and O–H groups in total. The fourth-order valence-electron chi connectivity index (χ4n) is 0.876. The Morgan fingerprint density at radius 2 is 2.08 bits per heavy atom. The highest BCUT2D eigenvalue weighted by Crippen LogP contribution is 2.06. The van der Waals surface area contributed by atoms with Crippen molar-refractivity contribution in [1.82, 2.24) is 0 Å². The summed E-state index contributed by atoms with van der Waals surface area (Å²) in [5.41, 5.74) is 1.02. The summed E-state index contributed by atoms with van der Waals surface area (Å²) in [5, 5.41) is 0. The van der Waals surface area contributed by atoms with E-state index < -0.39 is 8.56 Å². The Morgan fingerprint density at radius 3 is 2.46 bits per heavy atom. The zero-order valence-corrected chi connectivity index (χ0v) is 10.1. The molecule has 0 aromatic heterocycles. The summed E-state index contributed by atoms with van der Waals surface area (Å²) in [6.07, 6.45) is 0.560. The summed E-state index contributed by atoms with van der Waals surface area (Å²) >= 11 is 0. The summed E-state index contributed by atoms with van der Waals surface area (Å²) in [6.45, 7) is 10.9. The van der Waals surface area contributed by atoms with Crippen molar-refractivity contribution in [3.05, 3.63) is 12.2 Å². The summed E-state index contributed by atoms with van der Waals surface area (Å²) in [5.74, 6) is 0. The van der Waals surface area contributed by atoms with Crippen molar-refractivity contribution in [2.45, 2.75) is 20.4 Å². The molecule has 0 radical (unpaired) electrons. The first-order valence-corrected chi connectivity index (χ1v) is 6.97. The molecule has 0 saturated heterocycles. The van der Waals surface area contributed by atoms with Crippen molar-refractivity contribution in [2.75, 3.05) is 26.6 Å². The maximum absolute atomic E-state index is 5.52. The second kappa shape index (κ2) is 6.31. The van der Waals surface area contributed by atoms with E-state index in [0.717, 1.165) is 5.57 Å². The molecule has 0 aromatic rings. The molecular formula is C9H20O3Si. The zero-order valence-electron chi connectivity index (χ0n) is 9.05. The lowest BCUT2D eigenvalue weighted by molar-refractivity contribution is 0.132. The molecule has 4 heteroatoms. The largest absolute Gasteiger partial charge is 0.396 e. The highest BCUT2D eigenvalue weighted by Gasteiger charge is 2.30. The molecule has 0 aliphatic heterocycles. The van der Waals surface area contributed by atoms with Crippen LogP contribution < -0.4 is 0 Å². The minimum Gasteiger partial charge on any atom is -0.396 e. The molecule has 3 nitrogen and oxygen atoms in total. The second-order valence-electron chi connectivity index (χ2n) is 3.22. The fourth-order valence-corrected chi connectivity index (χ4v) is 2.28. The fraction of sp³-hybridized carbons (Fsp3) is 0.778. The van der Waals surface area contributed by atoms with Crippen LogP contribution in [0.25, 0.3) is 0 Å². The Morgan fingerprint density at radius 1 is 1.46 bits per heavy atom. The van der Waals surface area contributed by atoms with Gasteiger partial charge >= 0.3 is 8.56 Å². The minimum absolute atomic E-state index is 0.560. The smallest absolute Gasteiger partial charge is 0.361 e. The Bertz CT molecular complexity index is 161. The summed E-state index contributed by atoms with van der Waals surface area (Å²) in [6, 6.07) is 0. The quantitative estimate of drug-likeness (QED) is 0.468. The number of ether oxygens (including phenoxy) is 1. The third kappa shape index (κ3) is 5.98. The van der Waals surface area contributed by atoms with Crippen molar-refractivity contribution in [3.8, 4) is 0 Å². The lowest BCUT2D eigenvalue weighted by atomic mass is 10.4.